The van der Waals surface area contributed by atoms with Gasteiger partial charge in [0, 0.05) is 32.9 Å². The first-order valence-electron chi connectivity index (χ1n) is 6.93. The number of ether oxygens (including phenoxy) is 1. The van der Waals surface area contributed by atoms with Crippen molar-refractivity contribution in [3.8, 4) is 0 Å². The molecule has 1 N–H and O–H groups in total. The van der Waals surface area contributed by atoms with Gasteiger partial charge in [0.25, 0.3) is 0 Å². The predicted molar refractivity (Wildman–Crippen MR) is 79.9 cm³/mol. The van der Waals surface area contributed by atoms with Gasteiger partial charge in [-0.3, -0.25) is 9.80 Å². The highest BCUT2D eigenvalue weighted by Gasteiger charge is 2.42. The Morgan fingerprint density at radius 1 is 1.48 bits per heavy atom. The van der Waals surface area contributed by atoms with Crippen LogP contribution >= 0.6 is 0 Å². The quantitative estimate of drug-likeness (QED) is 0.815. The van der Waals surface area contributed by atoms with Gasteiger partial charge >= 0.3 is 0 Å². The molecule has 1 aliphatic heterocycles. The zero-order chi connectivity index (χ0) is 15.3. The molecule has 0 saturated carbocycles. The van der Waals surface area contributed by atoms with Gasteiger partial charge < -0.3 is 10.1 Å². The number of rotatable bonds is 6. The normalized spacial score (nSPS) is 20.8. The number of benzene rings is 1. The highest BCUT2D eigenvalue weighted by Crippen LogP contribution is 2.31. The average molecular weight is 293 g/mol. The second-order valence-electron chi connectivity index (χ2n) is 5.17. The van der Waals surface area contributed by atoms with Crippen molar-refractivity contribution in [2.45, 2.75) is 25.3 Å². The van der Waals surface area contributed by atoms with Crippen molar-refractivity contribution in [2.24, 2.45) is 5.10 Å². The molecule has 1 aromatic carbocycles. The summed E-state index contributed by atoms with van der Waals surface area (Å²) >= 11 is 0. The number of hydrazone groups is 1. The van der Waals surface area contributed by atoms with Crippen LogP contribution < -0.4 is 10.3 Å². The van der Waals surface area contributed by atoms with Gasteiger partial charge in [-0.1, -0.05) is 0 Å². The fraction of sp³-hybridized carbons (Fsp3) is 0.467. The maximum absolute atomic E-state index is 13.0. The van der Waals surface area contributed by atoms with Gasteiger partial charge in [0.15, 0.2) is 0 Å². The molecule has 6 heteroatoms. The number of amides is 1. The Bertz CT molecular complexity index is 518. The van der Waals surface area contributed by atoms with Crippen molar-refractivity contribution >= 4 is 17.8 Å². The van der Waals surface area contributed by atoms with Crippen LogP contribution in [0.4, 0.5) is 10.1 Å². The summed E-state index contributed by atoms with van der Waals surface area (Å²) in [6.07, 6.45) is 2.98. The number of hydrogen-bond donors (Lipinski definition) is 1. The maximum atomic E-state index is 13.0. The number of hydrogen-bond acceptors (Lipinski definition) is 4. The van der Waals surface area contributed by atoms with Gasteiger partial charge in [-0.2, -0.15) is 5.10 Å². The standard InChI is InChI=1S/C15H20FN3O2/c1-15(14(20)17-9-3-11-21-2)8-10-18-19(15)13-6-4-12(16)5-7-13/h4-7,10H,3,8-9,11H2,1-2H3,(H,17,20). The molecular weight excluding hydrogens is 273 g/mol. The number of methoxy groups -OCH3 is 1. The number of nitrogens with one attached hydrogen (secondary N) is 1. The van der Waals surface area contributed by atoms with E-state index in [2.05, 4.69) is 10.4 Å². The third-order valence-corrected chi connectivity index (χ3v) is 3.52. The summed E-state index contributed by atoms with van der Waals surface area (Å²) < 4.78 is 18.0. The van der Waals surface area contributed by atoms with Gasteiger partial charge in [-0.15, -0.1) is 0 Å². The average Bonchev–Trinajstić information content (AvgIpc) is 2.87. The Balaban J connectivity index is 2.06. The topological polar surface area (TPSA) is 53.9 Å². The molecule has 0 saturated heterocycles. The largest absolute Gasteiger partial charge is 0.385 e. The number of carbonyl (C=O) groups is 1. The van der Waals surface area contributed by atoms with E-state index in [1.54, 1.807) is 30.5 Å². The van der Waals surface area contributed by atoms with Crippen LogP contribution in [-0.4, -0.2) is 37.9 Å². The molecule has 21 heavy (non-hydrogen) atoms. The van der Waals surface area contributed by atoms with Crippen LogP contribution in [0, 0.1) is 5.82 Å². The number of anilines is 1. The molecule has 0 aliphatic carbocycles. The summed E-state index contributed by atoms with van der Waals surface area (Å²) in [6.45, 7) is 2.99. The minimum absolute atomic E-state index is 0.0968. The summed E-state index contributed by atoms with van der Waals surface area (Å²) in [7, 11) is 1.63. The summed E-state index contributed by atoms with van der Waals surface area (Å²) in [4.78, 5) is 12.4. The number of carbonyl (C=O) groups excluding carboxylic acids is 1. The summed E-state index contributed by atoms with van der Waals surface area (Å²) in [5, 5.41) is 8.79. The Hall–Kier alpha value is -1.95. The predicted octanol–water partition coefficient (Wildman–Crippen LogP) is 1.93. The van der Waals surface area contributed by atoms with Crippen molar-refractivity contribution in [1.29, 1.82) is 0 Å². The molecule has 0 fully saturated rings. The Kier molecular flexibility index (Phi) is 4.90. The van der Waals surface area contributed by atoms with Crippen LogP contribution in [0.2, 0.25) is 0 Å². The third-order valence-electron chi connectivity index (χ3n) is 3.52. The van der Waals surface area contributed by atoms with E-state index in [-0.39, 0.29) is 11.7 Å². The first-order valence-corrected chi connectivity index (χ1v) is 6.93. The van der Waals surface area contributed by atoms with Crippen LogP contribution in [-0.2, 0) is 9.53 Å². The Labute approximate surface area is 123 Å². The van der Waals surface area contributed by atoms with Crippen LogP contribution in [0.3, 0.4) is 0 Å². The molecule has 1 heterocycles. The second-order valence-corrected chi connectivity index (χ2v) is 5.17. The SMILES string of the molecule is COCCCNC(=O)C1(C)CC=NN1c1ccc(F)cc1. The molecule has 114 valence electrons. The fourth-order valence-electron chi connectivity index (χ4n) is 2.25. The molecule has 0 aromatic heterocycles. The van der Waals surface area contributed by atoms with E-state index >= 15 is 0 Å². The molecule has 1 unspecified atom stereocenters. The molecule has 1 atom stereocenters. The Morgan fingerprint density at radius 2 is 2.19 bits per heavy atom. The van der Waals surface area contributed by atoms with E-state index in [1.807, 2.05) is 6.92 Å². The molecule has 0 spiro atoms. The fourth-order valence-corrected chi connectivity index (χ4v) is 2.25. The molecule has 0 radical (unpaired) electrons. The lowest BCUT2D eigenvalue weighted by atomic mass is 9.97. The smallest absolute Gasteiger partial charge is 0.248 e. The van der Waals surface area contributed by atoms with Crippen LogP contribution in [0.1, 0.15) is 19.8 Å². The van der Waals surface area contributed by atoms with Gasteiger partial charge in [0.05, 0.1) is 5.69 Å². The van der Waals surface area contributed by atoms with Crippen LogP contribution in [0.25, 0.3) is 0 Å². The van der Waals surface area contributed by atoms with E-state index in [4.69, 9.17) is 4.74 Å². The van der Waals surface area contributed by atoms with E-state index < -0.39 is 5.54 Å². The lowest BCUT2D eigenvalue weighted by Gasteiger charge is -2.33. The molecule has 1 aliphatic rings. The zero-order valence-corrected chi connectivity index (χ0v) is 12.3. The molecule has 0 bridgehead atoms. The van der Waals surface area contributed by atoms with E-state index in [0.717, 1.165) is 6.42 Å². The molecule has 1 aromatic rings. The number of nitrogens with zero attached hydrogens (tertiary/aromatic N) is 2. The zero-order valence-electron chi connectivity index (χ0n) is 12.3. The van der Waals surface area contributed by atoms with E-state index in [9.17, 15) is 9.18 Å². The van der Waals surface area contributed by atoms with Crippen molar-refractivity contribution in [3.05, 3.63) is 30.1 Å². The van der Waals surface area contributed by atoms with Crippen molar-refractivity contribution < 1.29 is 13.9 Å². The van der Waals surface area contributed by atoms with Crippen molar-refractivity contribution in [2.75, 3.05) is 25.3 Å². The third kappa shape index (κ3) is 3.39. The van der Waals surface area contributed by atoms with Gasteiger partial charge in [0.2, 0.25) is 5.91 Å². The second kappa shape index (κ2) is 6.67. The summed E-state index contributed by atoms with van der Waals surface area (Å²) in [5.74, 6) is -0.409. The van der Waals surface area contributed by atoms with Gasteiger partial charge in [-0.05, 0) is 37.6 Å². The minimum atomic E-state index is -0.787. The highest BCUT2D eigenvalue weighted by atomic mass is 19.1. The van der Waals surface area contributed by atoms with E-state index in [1.165, 1.54) is 12.1 Å². The lowest BCUT2D eigenvalue weighted by Crippen LogP contribution is -2.53. The summed E-state index contributed by atoms with van der Waals surface area (Å²) in [5.41, 5.74) is -0.0926. The lowest BCUT2D eigenvalue weighted by molar-refractivity contribution is -0.125. The summed E-state index contributed by atoms with van der Waals surface area (Å²) in [6, 6.07) is 5.96. The monoisotopic (exact) mass is 293 g/mol. The van der Waals surface area contributed by atoms with Gasteiger partial charge in [0.1, 0.15) is 11.4 Å². The highest BCUT2D eigenvalue weighted by molar-refractivity contribution is 5.94. The Morgan fingerprint density at radius 3 is 2.86 bits per heavy atom. The number of halogens is 1. The van der Waals surface area contributed by atoms with Crippen LogP contribution in [0.15, 0.2) is 29.4 Å². The maximum Gasteiger partial charge on any atom is 0.248 e. The van der Waals surface area contributed by atoms with Crippen molar-refractivity contribution in [3.63, 3.8) is 0 Å². The van der Waals surface area contributed by atoms with Gasteiger partial charge in [-0.25, -0.2) is 4.39 Å². The minimum Gasteiger partial charge on any atom is -0.385 e. The first kappa shape index (κ1) is 15.4. The van der Waals surface area contributed by atoms with E-state index in [0.29, 0.717) is 25.3 Å². The molecule has 5 nitrogen and oxygen atoms in total. The van der Waals surface area contributed by atoms with Crippen LogP contribution in [0.5, 0.6) is 0 Å². The first-order chi connectivity index (χ1) is 10.1. The molecule has 1 amide bonds. The molecular formula is C15H20FN3O2. The van der Waals surface area contributed by atoms with Crippen molar-refractivity contribution in [1.82, 2.24) is 5.32 Å². The molecule has 2 rings (SSSR count).